The highest BCUT2D eigenvalue weighted by Gasteiger charge is 2.23. The van der Waals surface area contributed by atoms with E-state index in [9.17, 15) is 4.79 Å². The van der Waals surface area contributed by atoms with Gasteiger partial charge < -0.3 is 0 Å². The molecule has 3 rings (SSSR count). The predicted octanol–water partition coefficient (Wildman–Crippen LogP) is 7.13. The maximum absolute atomic E-state index is 12.6. The molecule has 0 aliphatic heterocycles. The van der Waals surface area contributed by atoms with Crippen LogP contribution in [0.15, 0.2) is 47.5 Å². The Bertz CT molecular complexity index is 809. The molecule has 1 aliphatic rings. The largest absolute Gasteiger partial charge is 0.289 e. The molecule has 122 valence electrons. The van der Waals surface area contributed by atoms with Crippen LogP contribution in [0.1, 0.15) is 24.0 Å². The summed E-state index contributed by atoms with van der Waals surface area (Å²) in [7, 11) is 0. The molecule has 0 aromatic heterocycles. The lowest BCUT2D eigenvalue weighted by atomic mass is 10.1. The zero-order chi connectivity index (χ0) is 17.3. The number of allylic oxidation sites excluding steroid dienone is 2. The van der Waals surface area contributed by atoms with Crippen LogP contribution in [0.2, 0.25) is 20.1 Å². The maximum atomic E-state index is 12.6. The number of hydrogen-bond acceptors (Lipinski definition) is 1. The summed E-state index contributed by atoms with van der Waals surface area (Å²) < 4.78 is 0. The van der Waals surface area contributed by atoms with E-state index in [0.717, 1.165) is 22.3 Å². The molecule has 0 amide bonds. The van der Waals surface area contributed by atoms with Crippen LogP contribution in [-0.2, 0) is 4.79 Å². The highest BCUT2D eigenvalue weighted by Crippen LogP contribution is 2.32. The summed E-state index contributed by atoms with van der Waals surface area (Å²) in [5.74, 6) is 0.0483. The highest BCUT2D eigenvalue weighted by molar-refractivity contribution is 6.42. The van der Waals surface area contributed by atoms with Gasteiger partial charge in [-0.25, -0.2) is 0 Å². The van der Waals surface area contributed by atoms with Crippen LogP contribution in [0, 0.1) is 0 Å². The van der Waals surface area contributed by atoms with E-state index in [2.05, 4.69) is 0 Å². The SMILES string of the molecule is O=C1/C(=C/c2ccc(Cl)c(Cl)c2)CC/C1=C\c1ccc(Cl)c(Cl)c1. The molecule has 0 atom stereocenters. The predicted molar refractivity (Wildman–Crippen MR) is 103 cm³/mol. The first kappa shape index (κ1) is 17.6. The quantitative estimate of drug-likeness (QED) is 0.492. The highest BCUT2D eigenvalue weighted by atomic mass is 35.5. The van der Waals surface area contributed by atoms with E-state index in [1.807, 2.05) is 24.3 Å². The van der Waals surface area contributed by atoms with E-state index < -0.39 is 0 Å². The Labute approximate surface area is 160 Å². The van der Waals surface area contributed by atoms with E-state index >= 15 is 0 Å². The van der Waals surface area contributed by atoms with Gasteiger partial charge in [-0.2, -0.15) is 0 Å². The average molecular weight is 398 g/mol. The van der Waals surface area contributed by atoms with Crippen LogP contribution in [0.5, 0.6) is 0 Å². The van der Waals surface area contributed by atoms with Gasteiger partial charge in [0.25, 0.3) is 0 Å². The van der Waals surface area contributed by atoms with Crippen LogP contribution >= 0.6 is 46.4 Å². The average Bonchev–Trinajstić information content (AvgIpc) is 2.88. The topological polar surface area (TPSA) is 17.1 Å². The summed E-state index contributed by atoms with van der Waals surface area (Å²) in [6.45, 7) is 0. The van der Waals surface area contributed by atoms with Crippen LogP contribution in [0.4, 0.5) is 0 Å². The van der Waals surface area contributed by atoms with E-state index in [1.165, 1.54) is 0 Å². The second-order valence-corrected chi connectivity index (χ2v) is 7.14. The minimum atomic E-state index is 0.0483. The van der Waals surface area contributed by atoms with Gasteiger partial charge in [0, 0.05) is 11.1 Å². The fourth-order valence-electron chi connectivity index (χ4n) is 2.58. The van der Waals surface area contributed by atoms with E-state index in [4.69, 9.17) is 46.4 Å². The first-order chi connectivity index (χ1) is 11.4. The standard InChI is InChI=1S/C19H12Cl4O/c20-15-5-1-11(9-17(15)22)7-13-3-4-14(19(13)24)8-12-2-6-16(21)18(23)10-12/h1-2,5-10H,3-4H2/b13-7+,14-8+. The van der Waals surface area contributed by atoms with Crippen molar-refractivity contribution in [2.75, 3.05) is 0 Å². The number of hydrogen-bond donors (Lipinski definition) is 0. The smallest absolute Gasteiger partial charge is 0.185 e. The van der Waals surface area contributed by atoms with Gasteiger partial charge in [-0.3, -0.25) is 4.79 Å². The lowest BCUT2D eigenvalue weighted by Crippen LogP contribution is -1.95. The minimum Gasteiger partial charge on any atom is -0.289 e. The van der Waals surface area contributed by atoms with Crippen molar-refractivity contribution < 1.29 is 4.79 Å². The van der Waals surface area contributed by atoms with Crippen molar-refractivity contribution >= 4 is 64.3 Å². The number of carbonyl (C=O) groups excluding carboxylic acids is 1. The van der Waals surface area contributed by atoms with E-state index in [-0.39, 0.29) is 5.78 Å². The number of carbonyl (C=O) groups is 1. The number of ketones is 1. The number of benzene rings is 2. The fourth-order valence-corrected chi connectivity index (χ4v) is 3.20. The summed E-state index contributed by atoms with van der Waals surface area (Å²) in [5.41, 5.74) is 3.26. The molecule has 2 aromatic carbocycles. The normalized spacial score (nSPS) is 17.9. The molecule has 2 aromatic rings. The van der Waals surface area contributed by atoms with Gasteiger partial charge in [0.1, 0.15) is 0 Å². The van der Waals surface area contributed by atoms with Gasteiger partial charge in [0.2, 0.25) is 0 Å². The maximum Gasteiger partial charge on any atom is 0.185 e. The summed E-state index contributed by atoms with van der Waals surface area (Å²) in [6.07, 6.45) is 5.12. The van der Waals surface area contributed by atoms with Crippen LogP contribution in [0.25, 0.3) is 12.2 Å². The Balaban J connectivity index is 1.86. The van der Waals surface area contributed by atoms with Crippen molar-refractivity contribution in [2.24, 2.45) is 0 Å². The van der Waals surface area contributed by atoms with E-state index in [0.29, 0.717) is 32.9 Å². The Kier molecular flexibility index (Phi) is 5.36. The van der Waals surface area contributed by atoms with Crippen molar-refractivity contribution in [3.05, 3.63) is 78.8 Å². The van der Waals surface area contributed by atoms with Crippen LogP contribution < -0.4 is 0 Å². The zero-order valence-electron chi connectivity index (χ0n) is 12.5. The molecular weight excluding hydrogens is 386 g/mol. The third-order valence-electron chi connectivity index (χ3n) is 3.82. The van der Waals surface area contributed by atoms with Crippen molar-refractivity contribution in [1.82, 2.24) is 0 Å². The van der Waals surface area contributed by atoms with Gasteiger partial charge >= 0.3 is 0 Å². The number of rotatable bonds is 2. The van der Waals surface area contributed by atoms with Crippen LogP contribution in [-0.4, -0.2) is 5.78 Å². The lowest BCUT2D eigenvalue weighted by Gasteiger charge is -2.01. The number of Topliss-reactive ketones (excluding diaryl/α,β-unsaturated/α-hetero) is 1. The summed E-state index contributed by atoms with van der Waals surface area (Å²) in [6, 6.07) is 10.6. The molecular formula is C19H12Cl4O. The van der Waals surface area contributed by atoms with Crippen molar-refractivity contribution in [3.63, 3.8) is 0 Å². The minimum absolute atomic E-state index is 0.0483. The summed E-state index contributed by atoms with van der Waals surface area (Å²) >= 11 is 23.9. The molecule has 0 spiro atoms. The Morgan fingerprint density at radius 2 is 1.08 bits per heavy atom. The third kappa shape index (κ3) is 3.87. The van der Waals surface area contributed by atoms with Gasteiger partial charge in [0.15, 0.2) is 5.78 Å². The Morgan fingerprint density at radius 1 is 0.667 bits per heavy atom. The second kappa shape index (κ2) is 7.33. The first-order valence-corrected chi connectivity index (χ1v) is 8.81. The lowest BCUT2D eigenvalue weighted by molar-refractivity contribution is -0.111. The molecule has 0 radical (unpaired) electrons. The Morgan fingerprint density at radius 3 is 1.46 bits per heavy atom. The molecule has 0 saturated heterocycles. The van der Waals surface area contributed by atoms with E-state index in [1.54, 1.807) is 24.3 Å². The monoisotopic (exact) mass is 396 g/mol. The van der Waals surface area contributed by atoms with Gasteiger partial charge in [-0.05, 0) is 60.4 Å². The molecule has 5 heteroatoms. The molecule has 0 N–H and O–H groups in total. The molecule has 1 nitrogen and oxygen atoms in total. The third-order valence-corrected chi connectivity index (χ3v) is 5.29. The molecule has 24 heavy (non-hydrogen) atoms. The summed E-state index contributed by atoms with van der Waals surface area (Å²) in [4.78, 5) is 12.6. The van der Waals surface area contributed by atoms with Crippen molar-refractivity contribution in [3.8, 4) is 0 Å². The second-order valence-electron chi connectivity index (χ2n) is 5.52. The molecule has 1 fully saturated rings. The fraction of sp³-hybridized carbons (Fsp3) is 0.105. The van der Waals surface area contributed by atoms with Crippen molar-refractivity contribution in [2.45, 2.75) is 12.8 Å². The van der Waals surface area contributed by atoms with Gasteiger partial charge in [-0.15, -0.1) is 0 Å². The molecule has 0 heterocycles. The molecule has 0 bridgehead atoms. The first-order valence-electron chi connectivity index (χ1n) is 7.30. The summed E-state index contributed by atoms with van der Waals surface area (Å²) in [5, 5.41) is 1.94. The Hall–Kier alpha value is -1.25. The molecule has 1 aliphatic carbocycles. The molecule has 1 saturated carbocycles. The van der Waals surface area contributed by atoms with Crippen molar-refractivity contribution in [1.29, 1.82) is 0 Å². The van der Waals surface area contributed by atoms with Gasteiger partial charge in [-0.1, -0.05) is 58.5 Å². The van der Waals surface area contributed by atoms with Crippen LogP contribution in [0.3, 0.4) is 0 Å². The van der Waals surface area contributed by atoms with Gasteiger partial charge in [0.05, 0.1) is 20.1 Å². The number of halogens is 4. The zero-order valence-corrected chi connectivity index (χ0v) is 15.5. The molecule has 0 unspecified atom stereocenters.